The number of rotatable bonds is 4. The molecule has 0 bridgehead atoms. The zero-order valence-corrected chi connectivity index (χ0v) is 23.4. The fourth-order valence-corrected chi connectivity index (χ4v) is 6.17. The molecule has 4 nitrogen and oxygen atoms in total. The fourth-order valence-electron chi connectivity index (χ4n) is 6.17. The van der Waals surface area contributed by atoms with E-state index >= 15 is 0 Å². The van der Waals surface area contributed by atoms with Crippen LogP contribution in [0.15, 0.2) is 154 Å². The second-order valence-electron chi connectivity index (χ2n) is 10.7. The van der Waals surface area contributed by atoms with Crippen LogP contribution in [-0.2, 0) is 6.54 Å². The predicted molar refractivity (Wildman–Crippen MR) is 180 cm³/mol. The number of fused-ring (bicyclic) bond motifs is 8. The van der Waals surface area contributed by atoms with E-state index in [0.29, 0.717) is 18.2 Å². The summed E-state index contributed by atoms with van der Waals surface area (Å²) in [6.07, 6.45) is 0. The van der Waals surface area contributed by atoms with Crippen LogP contribution in [0.25, 0.3) is 54.3 Å². The fraction of sp³-hybridized carbons (Fsp3) is 0.0256. The van der Waals surface area contributed by atoms with Crippen LogP contribution in [0.1, 0.15) is 16.7 Å². The minimum Gasteiger partial charge on any atom is -0.456 e. The van der Waals surface area contributed by atoms with Crippen LogP contribution in [0.5, 0.6) is 0 Å². The molecule has 4 heteroatoms. The average Bonchev–Trinajstić information content (AvgIpc) is 3.46. The third-order valence-corrected chi connectivity index (χ3v) is 8.19. The van der Waals surface area contributed by atoms with Gasteiger partial charge in [-0.3, -0.25) is 4.99 Å². The van der Waals surface area contributed by atoms with Crippen molar-refractivity contribution in [2.24, 2.45) is 15.7 Å². The van der Waals surface area contributed by atoms with Gasteiger partial charge in [0.05, 0.1) is 6.54 Å². The molecule has 1 heterocycles. The molecule has 7 aromatic carbocycles. The lowest BCUT2D eigenvalue weighted by Gasteiger charge is -2.13. The van der Waals surface area contributed by atoms with E-state index in [2.05, 4.69) is 72.8 Å². The zero-order chi connectivity index (χ0) is 28.8. The summed E-state index contributed by atoms with van der Waals surface area (Å²) in [5.74, 6) is 1.02. The first-order chi connectivity index (χ1) is 21.2. The lowest BCUT2D eigenvalue weighted by atomic mass is 9.93. The predicted octanol–water partition coefficient (Wildman–Crippen LogP) is 9.40. The average molecular weight is 554 g/mol. The van der Waals surface area contributed by atoms with E-state index in [9.17, 15) is 0 Å². The van der Waals surface area contributed by atoms with Crippen LogP contribution in [-0.4, -0.2) is 11.7 Å². The molecule has 0 fully saturated rings. The van der Waals surface area contributed by atoms with Gasteiger partial charge in [0.1, 0.15) is 17.0 Å². The molecule has 0 atom stereocenters. The van der Waals surface area contributed by atoms with Gasteiger partial charge in [-0.15, -0.1) is 0 Å². The number of furan rings is 1. The number of benzene rings is 7. The van der Waals surface area contributed by atoms with E-state index in [1.54, 1.807) is 0 Å². The van der Waals surface area contributed by atoms with Crippen LogP contribution in [0, 0.1) is 0 Å². The number of aliphatic imine (C=N–C) groups is 2. The topological polar surface area (TPSA) is 63.9 Å². The minimum absolute atomic E-state index is 0.431. The van der Waals surface area contributed by atoms with E-state index < -0.39 is 0 Å². The smallest absolute Gasteiger partial charge is 0.157 e. The molecule has 2 N–H and O–H groups in total. The first-order valence-corrected chi connectivity index (χ1v) is 14.4. The summed E-state index contributed by atoms with van der Waals surface area (Å²) in [5.41, 5.74) is 11.5. The molecule has 0 aliphatic rings. The Morgan fingerprint density at radius 3 is 2.09 bits per heavy atom. The van der Waals surface area contributed by atoms with E-state index in [4.69, 9.17) is 20.1 Å². The number of hydrogen-bond acceptors (Lipinski definition) is 2. The number of amidine groups is 2. The SMILES string of the molecule is NC(=NC(=NCc1cccc2oc3ccccc3c12)c1ccccc1)c1cc2c3ccccc3ccc2c2ccccc12. The molecule has 8 rings (SSSR count). The Bertz CT molecular complexity index is 2380. The molecule has 1 aromatic heterocycles. The van der Waals surface area contributed by atoms with Gasteiger partial charge in [0.25, 0.3) is 0 Å². The highest BCUT2D eigenvalue weighted by Gasteiger charge is 2.14. The number of para-hydroxylation sites is 1. The third kappa shape index (κ3) is 4.32. The van der Waals surface area contributed by atoms with Crippen LogP contribution in [0.4, 0.5) is 0 Å². The Morgan fingerprint density at radius 1 is 0.558 bits per heavy atom. The van der Waals surface area contributed by atoms with Crippen LogP contribution < -0.4 is 5.73 Å². The van der Waals surface area contributed by atoms with Crippen LogP contribution in [0.3, 0.4) is 0 Å². The maximum atomic E-state index is 6.91. The molecule has 0 aliphatic heterocycles. The molecular weight excluding hydrogens is 526 g/mol. The normalized spacial score (nSPS) is 12.7. The van der Waals surface area contributed by atoms with Crippen molar-refractivity contribution in [3.05, 3.63) is 156 Å². The van der Waals surface area contributed by atoms with Crippen LogP contribution in [0.2, 0.25) is 0 Å². The molecule has 0 amide bonds. The van der Waals surface area contributed by atoms with Crippen molar-refractivity contribution in [2.75, 3.05) is 0 Å². The highest BCUT2D eigenvalue weighted by atomic mass is 16.3. The highest BCUT2D eigenvalue weighted by molar-refractivity contribution is 6.24. The van der Waals surface area contributed by atoms with Gasteiger partial charge in [-0.25, -0.2) is 4.99 Å². The molecule has 43 heavy (non-hydrogen) atoms. The summed E-state index contributed by atoms with van der Waals surface area (Å²) in [5, 5.41) is 9.12. The van der Waals surface area contributed by atoms with Gasteiger partial charge in [0, 0.05) is 21.9 Å². The van der Waals surface area contributed by atoms with Crippen molar-refractivity contribution in [2.45, 2.75) is 6.54 Å². The summed E-state index contributed by atoms with van der Waals surface area (Å²) < 4.78 is 6.12. The summed E-state index contributed by atoms with van der Waals surface area (Å²) in [6.45, 7) is 0.435. The Balaban J connectivity index is 1.30. The zero-order valence-electron chi connectivity index (χ0n) is 23.4. The molecule has 0 saturated heterocycles. The first kappa shape index (κ1) is 25.0. The Kier molecular flexibility index (Phi) is 5.97. The molecule has 0 radical (unpaired) electrons. The lowest BCUT2D eigenvalue weighted by molar-refractivity contribution is 0.668. The van der Waals surface area contributed by atoms with Crippen molar-refractivity contribution < 1.29 is 4.42 Å². The molecule has 8 aromatic rings. The maximum absolute atomic E-state index is 6.91. The molecular formula is C39H27N3O. The van der Waals surface area contributed by atoms with Gasteiger partial charge in [-0.1, -0.05) is 121 Å². The van der Waals surface area contributed by atoms with Crippen molar-refractivity contribution >= 4 is 65.9 Å². The number of nitrogens with two attached hydrogens (primary N) is 1. The Hall–Kier alpha value is -5.74. The second kappa shape index (κ2) is 10.3. The molecule has 0 spiro atoms. The largest absolute Gasteiger partial charge is 0.456 e. The van der Waals surface area contributed by atoms with E-state index in [-0.39, 0.29) is 0 Å². The quantitative estimate of drug-likeness (QED) is 0.134. The molecule has 0 unspecified atom stereocenters. The standard InChI is InChI=1S/C39H27N3O/c40-38(34-23-33-28-15-5-4-11-25(28)21-22-31(33)29-16-6-7-17-30(29)34)42-39(26-12-2-1-3-13-26)41-24-27-14-10-20-36-37(27)32-18-8-9-19-35(32)43-36/h1-23H,24H2,(H2,40,41,42). The van der Waals surface area contributed by atoms with Crippen molar-refractivity contribution in [3.63, 3.8) is 0 Å². The molecule has 0 saturated carbocycles. The summed E-state index contributed by atoms with van der Waals surface area (Å²) in [4.78, 5) is 10.1. The van der Waals surface area contributed by atoms with E-state index in [1.807, 2.05) is 66.7 Å². The van der Waals surface area contributed by atoms with Gasteiger partial charge >= 0.3 is 0 Å². The summed E-state index contributed by atoms with van der Waals surface area (Å²) in [6, 6.07) is 47.7. The van der Waals surface area contributed by atoms with Crippen molar-refractivity contribution in [1.82, 2.24) is 0 Å². The van der Waals surface area contributed by atoms with Gasteiger partial charge in [-0.2, -0.15) is 0 Å². The molecule has 0 aliphatic carbocycles. The summed E-state index contributed by atoms with van der Waals surface area (Å²) >= 11 is 0. The Morgan fingerprint density at radius 2 is 1.23 bits per heavy atom. The van der Waals surface area contributed by atoms with Gasteiger partial charge in [0.15, 0.2) is 5.84 Å². The van der Waals surface area contributed by atoms with E-state index in [0.717, 1.165) is 54.8 Å². The molecule has 204 valence electrons. The lowest BCUT2D eigenvalue weighted by Crippen LogP contribution is -2.17. The number of nitrogens with zero attached hydrogens (tertiary/aromatic N) is 2. The van der Waals surface area contributed by atoms with Crippen molar-refractivity contribution in [3.8, 4) is 0 Å². The second-order valence-corrected chi connectivity index (χ2v) is 10.7. The van der Waals surface area contributed by atoms with Gasteiger partial charge in [-0.05, 0) is 56.1 Å². The van der Waals surface area contributed by atoms with Gasteiger partial charge < -0.3 is 10.2 Å². The van der Waals surface area contributed by atoms with Crippen molar-refractivity contribution in [1.29, 1.82) is 0 Å². The number of hydrogen-bond donors (Lipinski definition) is 1. The van der Waals surface area contributed by atoms with Gasteiger partial charge in [0.2, 0.25) is 0 Å². The third-order valence-electron chi connectivity index (χ3n) is 8.19. The highest BCUT2D eigenvalue weighted by Crippen LogP contribution is 2.34. The monoisotopic (exact) mass is 553 g/mol. The minimum atomic E-state index is 0.431. The Labute approximate surface area is 248 Å². The van der Waals surface area contributed by atoms with Crippen LogP contribution >= 0.6 is 0 Å². The van der Waals surface area contributed by atoms with E-state index in [1.165, 1.54) is 16.2 Å². The first-order valence-electron chi connectivity index (χ1n) is 14.4. The summed E-state index contributed by atoms with van der Waals surface area (Å²) in [7, 11) is 0. The maximum Gasteiger partial charge on any atom is 0.157 e.